The van der Waals surface area contributed by atoms with Crippen LogP contribution in [0.3, 0.4) is 0 Å². The summed E-state index contributed by atoms with van der Waals surface area (Å²) < 4.78 is 5.42. The van der Waals surface area contributed by atoms with Gasteiger partial charge in [0, 0.05) is 6.42 Å². The van der Waals surface area contributed by atoms with Crippen molar-refractivity contribution in [2.24, 2.45) is 0 Å². The standard InChI is InChI=1S/C9H17NO2/c1-3-9(11)10-8-5-4-7(2)12-6-8/h7-8H,3-6H2,1-2H3,(H,10,11)/t7-,8?/m0/s1. The lowest BCUT2D eigenvalue weighted by molar-refractivity contribution is -0.122. The molecule has 1 saturated heterocycles. The molecule has 1 amide bonds. The average molecular weight is 171 g/mol. The van der Waals surface area contributed by atoms with Crippen LogP contribution in [0.2, 0.25) is 0 Å². The molecular formula is C9H17NO2. The third-order valence-corrected chi connectivity index (χ3v) is 2.19. The first-order valence-corrected chi connectivity index (χ1v) is 4.63. The van der Waals surface area contributed by atoms with Crippen LogP contribution in [0, 0.1) is 0 Å². The highest BCUT2D eigenvalue weighted by Gasteiger charge is 2.19. The highest BCUT2D eigenvalue weighted by molar-refractivity contribution is 5.75. The van der Waals surface area contributed by atoms with Gasteiger partial charge < -0.3 is 10.1 Å². The van der Waals surface area contributed by atoms with E-state index in [0.29, 0.717) is 19.1 Å². The van der Waals surface area contributed by atoms with E-state index in [1.165, 1.54) is 0 Å². The quantitative estimate of drug-likeness (QED) is 0.675. The van der Waals surface area contributed by atoms with Crippen molar-refractivity contribution in [3.8, 4) is 0 Å². The molecule has 0 spiro atoms. The molecule has 0 aromatic heterocycles. The minimum Gasteiger partial charge on any atom is -0.376 e. The predicted molar refractivity (Wildman–Crippen MR) is 46.9 cm³/mol. The summed E-state index contributed by atoms with van der Waals surface area (Å²) in [7, 11) is 0. The zero-order valence-corrected chi connectivity index (χ0v) is 7.80. The minimum absolute atomic E-state index is 0.123. The first kappa shape index (κ1) is 9.52. The maximum atomic E-state index is 11.0. The second-order valence-electron chi connectivity index (χ2n) is 3.34. The van der Waals surface area contributed by atoms with Crippen LogP contribution in [0.5, 0.6) is 0 Å². The molecule has 0 aromatic carbocycles. The van der Waals surface area contributed by atoms with Crippen molar-refractivity contribution in [1.29, 1.82) is 0 Å². The Morgan fingerprint density at radius 3 is 2.83 bits per heavy atom. The number of ether oxygens (including phenoxy) is 1. The average Bonchev–Trinajstić information content (AvgIpc) is 2.09. The fourth-order valence-corrected chi connectivity index (χ4v) is 1.33. The van der Waals surface area contributed by atoms with Gasteiger partial charge in [-0.05, 0) is 19.8 Å². The van der Waals surface area contributed by atoms with Gasteiger partial charge in [-0.3, -0.25) is 4.79 Å². The number of carbonyl (C=O) groups is 1. The second-order valence-corrected chi connectivity index (χ2v) is 3.34. The van der Waals surface area contributed by atoms with Crippen LogP contribution in [-0.4, -0.2) is 24.7 Å². The lowest BCUT2D eigenvalue weighted by Gasteiger charge is -2.27. The predicted octanol–water partition coefficient (Wildman–Crippen LogP) is 1.08. The van der Waals surface area contributed by atoms with E-state index in [2.05, 4.69) is 12.2 Å². The van der Waals surface area contributed by atoms with Crippen LogP contribution in [0.15, 0.2) is 0 Å². The van der Waals surface area contributed by atoms with Crippen molar-refractivity contribution < 1.29 is 9.53 Å². The molecule has 1 aliphatic rings. The molecule has 0 saturated carbocycles. The summed E-state index contributed by atoms with van der Waals surface area (Å²) in [5, 5.41) is 2.93. The number of rotatable bonds is 2. The number of amides is 1. The Labute approximate surface area is 73.5 Å². The smallest absolute Gasteiger partial charge is 0.220 e. The summed E-state index contributed by atoms with van der Waals surface area (Å²) in [6, 6.07) is 0.244. The summed E-state index contributed by atoms with van der Waals surface area (Å²) in [4.78, 5) is 11.0. The van der Waals surface area contributed by atoms with E-state index in [0.717, 1.165) is 12.8 Å². The normalized spacial score (nSPS) is 29.8. The van der Waals surface area contributed by atoms with Gasteiger partial charge in [-0.25, -0.2) is 0 Å². The van der Waals surface area contributed by atoms with Gasteiger partial charge in [0.25, 0.3) is 0 Å². The molecule has 0 aliphatic carbocycles. The van der Waals surface area contributed by atoms with Crippen LogP contribution in [0.1, 0.15) is 33.1 Å². The number of hydrogen-bond donors (Lipinski definition) is 1. The van der Waals surface area contributed by atoms with Crippen molar-refractivity contribution in [2.75, 3.05) is 6.61 Å². The van der Waals surface area contributed by atoms with Crippen LogP contribution >= 0.6 is 0 Å². The Morgan fingerprint density at radius 2 is 2.33 bits per heavy atom. The van der Waals surface area contributed by atoms with Gasteiger partial charge in [-0.2, -0.15) is 0 Å². The van der Waals surface area contributed by atoms with E-state index in [9.17, 15) is 4.79 Å². The fraction of sp³-hybridized carbons (Fsp3) is 0.889. The Balaban J connectivity index is 2.21. The number of carbonyl (C=O) groups excluding carboxylic acids is 1. The maximum Gasteiger partial charge on any atom is 0.220 e. The minimum atomic E-state index is 0.123. The van der Waals surface area contributed by atoms with Crippen LogP contribution in [0.25, 0.3) is 0 Å². The molecule has 1 rings (SSSR count). The van der Waals surface area contributed by atoms with Gasteiger partial charge in [-0.15, -0.1) is 0 Å². The fourth-order valence-electron chi connectivity index (χ4n) is 1.33. The van der Waals surface area contributed by atoms with E-state index in [-0.39, 0.29) is 11.9 Å². The molecule has 1 fully saturated rings. The number of hydrogen-bond acceptors (Lipinski definition) is 2. The van der Waals surface area contributed by atoms with E-state index < -0.39 is 0 Å². The molecule has 1 aliphatic heterocycles. The molecule has 0 bridgehead atoms. The summed E-state index contributed by atoms with van der Waals surface area (Å²) in [5.74, 6) is 0.123. The zero-order chi connectivity index (χ0) is 8.97. The topological polar surface area (TPSA) is 38.3 Å². The van der Waals surface area contributed by atoms with E-state index in [4.69, 9.17) is 4.74 Å². The number of nitrogens with one attached hydrogen (secondary N) is 1. The van der Waals surface area contributed by atoms with Gasteiger partial charge in [0.1, 0.15) is 0 Å². The summed E-state index contributed by atoms with van der Waals surface area (Å²) in [5.41, 5.74) is 0. The Morgan fingerprint density at radius 1 is 1.58 bits per heavy atom. The van der Waals surface area contributed by atoms with Gasteiger partial charge in [-0.1, -0.05) is 6.92 Å². The molecule has 1 N–H and O–H groups in total. The summed E-state index contributed by atoms with van der Waals surface area (Å²) in [6.45, 7) is 4.60. The largest absolute Gasteiger partial charge is 0.376 e. The van der Waals surface area contributed by atoms with E-state index in [1.807, 2.05) is 6.92 Å². The van der Waals surface area contributed by atoms with Gasteiger partial charge in [0.2, 0.25) is 5.91 Å². The Bertz CT molecular complexity index is 151. The SMILES string of the molecule is CCC(=O)NC1CC[C@H](C)OC1. The molecule has 0 aromatic rings. The second kappa shape index (κ2) is 4.45. The van der Waals surface area contributed by atoms with Crippen molar-refractivity contribution in [3.63, 3.8) is 0 Å². The van der Waals surface area contributed by atoms with Crippen LogP contribution in [0.4, 0.5) is 0 Å². The Hall–Kier alpha value is -0.570. The molecular weight excluding hydrogens is 154 g/mol. The third-order valence-electron chi connectivity index (χ3n) is 2.19. The molecule has 1 unspecified atom stereocenters. The first-order valence-electron chi connectivity index (χ1n) is 4.63. The maximum absolute atomic E-state index is 11.0. The molecule has 12 heavy (non-hydrogen) atoms. The molecule has 3 heteroatoms. The van der Waals surface area contributed by atoms with Crippen molar-refractivity contribution in [3.05, 3.63) is 0 Å². The van der Waals surface area contributed by atoms with E-state index >= 15 is 0 Å². The highest BCUT2D eigenvalue weighted by atomic mass is 16.5. The molecule has 1 heterocycles. The van der Waals surface area contributed by atoms with E-state index in [1.54, 1.807) is 0 Å². The van der Waals surface area contributed by atoms with Crippen LogP contribution < -0.4 is 5.32 Å². The highest BCUT2D eigenvalue weighted by Crippen LogP contribution is 2.12. The van der Waals surface area contributed by atoms with Gasteiger partial charge in [0.05, 0.1) is 18.8 Å². The van der Waals surface area contributed by atoms with Gasteiger partial charge in [0.15, 0.2) is 0 Å². The van der Waals surface area contributed by atoms with Crippen molar-refractivity contribution >= 4 is 5.91 Å². The molecule has 3 nitrogen and oxygen atoms in total. The first-order chi connectivity index (χ1) is 5.72. The van der Waals surface area contributed by atoms with Crippen molar-refractivity contribution in [2.45, 2.75) is 45.3 Å². The molecule has 2 atom stereocenters. The Kier molecular flexibility index (Phi) is 3.53. The summed E-state index contributed by atoms with van der Waals surface area (Å²) in [6.07, 6.45) is 3.02. The molecule has 0 radical (unpaired) electrons. The molecule has 70 valence electrons. The van der Waals surface area contributed by atoms with Gasteiger partial charge >= 0.3 is 0 Å². The monoisotopic (exact) mass is 171 g/mol. The third kappa shape index (κ3) is 2.81. The zero-order valence-electron chi connectivity index (χ0n) is 7.80. The van der Waals surface area contributed by atoms with Crippen molar-refractivity contribution in [1.82, 2.24) is 5.32 Å². The summed E-state index contributed by atoms with van der Waals surface area (Å²) >= 11 is 0. The van der Waals surface area contributed by atoms with Crippen LogP contribution in [-0.2, 0) is 9.53 Å². The lowest BCUT2D eigenvalue weighted by atomic mass is 10.1. The lowest BCUT2D eigenvalue weighted by Crippen LogP contribution is -2.42.